The lowest BCUT2D eigenvalue weighted by atomic mass is 9.96. The zero-order chi connectivity index (χ0) is 23.2. The molecule has 4 rings (SSSR count). The molecule has 4 aromatic carbocycles. The first-order valence-electron chi connectivity index (χ1n) is 11.0. The van der Waals surface area contributed by atoms with Crippen molar-refractivity contribution in [3.8, 4) is 39.5 Å². The normalized spacial score (nSPS) is 10.7. The molecule has 0 saturated heterocycles. The van der Waals surface area contributed by atoms with Crippen molar-refractivity contribution in [3.05, 3.63) is 102 Å². The Bertz CT molecular complexity index is 1280. The van der Waals surface area contributed by atoms with Crippen LogP contribution in [0, 0.1) is 0 Å². The molecule has 0 saturated carbocycles. The summed E-state index contributed by atoms with van der Waals surface area (Å²) in [4.78, 5) is 11.9. The number of ether oxygens (including phenoxy) is 1. The molecule has 0 aliphatic heterocycles. The highest BCUT2D eigenvalue weighted by Crippen LogP contribution is 2.33. The highest BCUT2D eigenvalue weighted by molar-refractivity contribution is 5.75. The molecule has 0 spiro atoms. The summed E-state index contributed by atoms with van der Waals surface area (Å²) in [6, 6.07) is 28.2. The van der Waals surface area contributed by atoms with Crippen LogP contribution in [0.2, 0.25) is 0 Å². The summed E-state index contributed by atoms with van der Waals surface area (Å²) >= 11 is 0. The second-order valence-electron chi connectivity index (χ2n) is 7.93. The Morgan fingerprint density at radius 3 is 1.97 bits per heavy atom. The number of aryl methyl sites for hydroxylation is 2. The minimum atomic E-state index is -0.300. The van der Waals surface area contributed by atoms with E-state index in [2.05, 4.69) is 12.1 Å². The van der Waals surface area contributed by atoms with Gasteiger partial charge in [-0.3, -0.25) is 4.79 Å². The minimum absolute atomic E-state index is 0.179. The molecule has 0 aromatic heterocycles. The first kappa shape index (κ1) is 22.2. The monoisotopic (exact) mass is 438 g/mol. The number of hydrogen-bond acceptors (Lipinski definition) is 4. The van der Waals surface area contributed by atoms with Crippen LogP contribution < -0.4 is 4.74 Å². The maximum absolute atomic E-state index is 11.9. The predicted molar refractivity (Wildman–Crippen MR) is 130 cm³/mol. The lowest BCUT2D eigenvalue weighted by Crippen LogP contribution is -2.06. The second-order valence-corrected chi connectivity index (χ2v) is 7.93. The molecule has 0 bridgehead atoms. The molecule has 4 heteroatoms. The van der Waals surface area contributed by atoms with Crippen LogP contribution in [0.5, 0.6) is 17.2 Å². The van der Waals surface area contributed by atoms with Gasteiger partial charge in [0.1, 0.15) is 17.2 Å². The molecular weight excluding hydrogens is 412 g/mol. The van der Waals surface area contributed by atoms with E-state index in [0.717, 1.165) is 40.7 Å². The smallest absolute Gasteiger partial charge is 0.310 e. The molecule has 0 aliphatic carbocycles. The van der Waals surface area contributed by atoms with Crippen LogP contribution in [0.1, 0.15) is 24.5 Å². The number of phenolic OH excluding ortho intramolecular Hbond substituents is 2. The van der Waals surface area contributed by atoms with E-state index in [1.54, 1.807) is 31.2 Å². The van der Waals surface area contributed by atoms with Gasteiger partial charge in [0.2, 0.25) is 0 Å². The van der Waals surface area contributed by atoms with Crippen LogP contribution in [0.3, 0.4) is 0 Å². The van der Waals surface area contributed by atoms with Crippen molar-refractivity contribution in [3.63, 3.8) is 0 Å². The van der Waals surface area contributed by atoms with Crippen molar-refractivity contribution in [1.29, 1.82) is 0 Å². The van der Waals surface area contributed by atoms with Crippen LogP contribution in [-0.2, 0) is 17.6 Å². The van der Waals surface area contributed by atoms with E-state index in [9.17, 15) is 15.0 Å². The van der Waals surface area contributed by atoms with E-state index in [4.69, 9.17) is 4.74 Å². The highest BCUT2D eigenvalue weighted by atomic mass is 16.5. The number of para-hydroxylation sites is 2. The van der Waals surface area contributed by atoms with Gasteiger partial charge in [0, 0.05) is 17.5 Å². The molecule has 0 radical (unpaired) electrons. The van der Waals surface area contributed by atoms with Gasteiger partial charge < -0.3 is 14.9 Å². The molecule has 0 fully saturated rings. The fourth-order valence-electron chi connectivity index (χ4n) is 3.84. The van der Waals surface area contributed by atoms with Crippen LogP contribution in [0.15, 0.2) is 91.0 Å². The quantitative estimate of drug-likeness (QED) is 0.254. The molecule has 166 valence electrons. The Labute approximate surface area is 193 Å². The third-order valence-corrected chi connectivity index (χ3v) is 5.55. The summed E-state index contributed by atoms with van der Waals surface area (Å²) in [5.74, 6) is 0.608. The Balaban J connectivity index is 1.61. The topological polar surface area (TPSA) is 66.8 Å². The number of benzene rings is 4. The molecule has 2 N–H and O–H groups in total. The maximum atomic E-state index is 11.9. The van der Waals surface area contributed by atoms with Crippen molar-refractivity contribution >= 4 is 5.97 Å². The number of rotatable bonds is 7. The Hall–Kier alpha value is -4.05. The molecular formula is C29H26O4. The minimum Gasteiger partial charge on any atom is -0.507 e. The fraction of sp³-hybridized carbons (Fsp3) is 0.138. The molecule has 4 nitrogen and oxygen atoms in total. The van der Waals surface area contributed by atoms with E-state index in [-0.39, 0.29) is 23.9 Å². The number of hydrogen-bond donors (Lipinski definition) is 2. The van der Waals surface area contributed by atoms with Crippen molar-refractivity contribution in [2.45, 2.75) is 26.2 Å². The van der Waals surface area contributed by atoms with Crippen molar-refractivity contribution in [2.75, 3.05) is 0 Å². The highest BCUT2D eigenvalue weighted by Gasteiger charge is 2.11. The molecule has 0 heterocycles. The first-order valence-corrected chi connectivity index (χ1v) is 11.0. The maximum Gasteiger partial charge on any atom is 0.310 e. The van der Waals surface area contributed by atoms with Crippen LogP contribution >= 0.6 is 0 Å². The second kappa shape index (κ2) is 10.0. The van der Waals surface area contributed by atoms with Gasteiger partial charge in [-0.15, -0.1) is 0 Å². The zero-order valence-electron chi connectivity index (χ0n) is 18.5. The van der Waals surface area contributed by atoms with Gasteiger partial charge in [-0.2, -0.15) is 0 Å². The van der Waals surface area contributed by atoms with Gasteiger partial charge in [0.25, 0.3) is 0 Å². The van der Waals surface area contributed by atoms with Crippen molar-refractivity contribution in [2.24, 2.45) is 0 Å². The number of carbonyl (C=O) groups excluding carboxylic acids is 1. The number of phenols is 2. The van der Waals surface area contributed by atoms with Crippen LogP contribution in [0.25, 0.3) is 22.3 Å². The summed E-state index contributed by atoms with van der Waals surface area (Å²) in [7, 11) is 0. The molecule has 4 aromatic rings. The van der Waals surface area contributed by atoms with Gasteiger partial charge in [-0.25, -0.2) is 0 Å². The largest absolute Gasteiger partial charge is 0.507 e. The number of esters is 1. The summed E-state index contributed by atoms with van der Waals surface area (Å²) in [5.41, 5.74) is 5.39. The van der Waals surface area contributed by atoms with E-state index < -0.39 is 0 Å². The molecule has 0 atom stereocenters. The number of aromatic hydroxyl groups is 2. The van der Waals surface area contributed by atoms with Crippen molar-refractivity contribution in [1.82, 2.24) is 0 Å². The predicted octanol–water partition coefficient (Wildman–Crippen LogP) is 6.53. The average molecular weight is 439 g/mol. The third kappa shape index (κ3) is 5.42. The van der Waals surface area contributed by atoms with E-state index in [1.807, 2.05) is 54.6 Å². The zero-order valence-corrected chi connectivity index (χ0v) is 18.5. The van der Waals surface area contributed by atoms with E-state index >= 15 is 0 Å². The molecule has 33 heavy (non-hydrogen) atoms. The number of carbonyl (C=O) groups is 1. The molecule has 0 amide bonds. The van der Waals surface area contributed by atoms with Gasteiger partial charge in [-0.05, 0) is 59.4 Å². The molecule has 0 aliphatic rings. The Kier molecular flexibility index (Phi) is 6.75. The third-order valence-electron chi connectivity index (χ3n) is 5.55. The lowest BCUT2D eigenvalue weighted by molar-refractivity contribution is -0.134. The Morgan fingerprint density at radius 1 is 0.697 bits per heavy atom. The molecule has 0 unspecified atom stereocenters. The summed E-state index contributed by atoms with van der Waals surface area (Å²) < 4.78 is 5.50. The van der Waals surface area contributed by atoms with E-state index in [1.165, 1.54) is 0 Å². The summed E-state index contributed by atoms with van der Waals surface area (Å²) in [6.45, 7) is 1.76. The van der Waals surface area contributed by atoms with Crippen LogP contribution in [0.4, 0.5) is 0 Å². The average Bonchev–Trinajstić information content (AvgIpc) is 2.83. The standard InChI is InChI=1S/C29H26O4/c1-2-29(32)33-24-18-21(17-23(19-24)26-11-4-6-13-28(26)31)15-14-20-8-7-9-22(16-20)25-10-3-5-12-27(25)30/h3-13,16-19,30-31H,2,14-15H2,1H3. The van der Waals surface area contributed by atoms with Gasteiger partial charge in [-0.1, -0.05) is 73.7 Å². The van der Waals surface area contributed by atoms with Crippen LogP contribution in [-0.4, -0.2) is 16.2 Å². The van der Waals surface area contributed by atoms with Gasteiger partial charge >= 0.3 is 5.97 Å². The summed E-state index contributed by atoms with van der Waals surface area (Å²) in [6.07, 6.45) is 1.78. The van der Waals surface area contributed by atoms with Crippen molar-refractivity contribution < 1.29 is 19.7 Å². The van der Waals surface area contributed by atoms with Gasteiger partial charge in [0.15, 0.2) is 0 Å². The van der Waals surface area contributed by atoms with E-state index in [0.29, 0.717) is 11.3 Å². The first-order chi connectivity index (χ1) is 16.0. The summed E-state index contributed by atoms with van der Waals surface area (Å²) in [5, 5.41) is 20.5. The SMILES string of the molecule is CCC(=O)Oc1cc(CCc2cccc(-c3ccccc3O)c2)cc(-c2ccccc2O)c1. The Morgan fingerprint density at radius 2 is 1.30 bits per heavy atom. The van der Waals surface area contributed by atoms with Gasteiger partial charge in [0.05, 0.1) is 0 Å². The lowest BCUT2D eigenvalue weighted by Gasteiger charge is -2.12. The fourth-order valence-corrected chi connectivity index (χ4v) is 3.84.